The van der Waals surface area contributed by atoms with Crippen molar-refractivity contribution in [1.82, 2.24) is 0 Å². The Balaban J connectivity index is 2.55. The molecule has 0 aliphatic carbocycles. The molecule has 1 aromatic carbocycles. The third kappa shape index (κ3) is 3.48. The molecule has 0 bridgehead atoms. The molecule has 1 heterocycles. The summed E-state index contributed by atoms with van der Waals surface area (Å²) in [7, 11) is 0. The summed E-state index contributed by atoms with van der Waals surface area (Å²) in [5, 5.41) is 18.2. The molecule has 0 saturated carbocycles. The number of carbonyl (C=O) groups excluding carboxylic acids is 1. The Morgan fingerprint density at radius 2 is 1.88 bits per heavy atom. The lowest BCUT2D eigenvalue weighted by Crippen LogP contribution is -2.51. The van der Waals surface area contributed by atoms with E-state index in [-0.39, 0.29) is 0 Å². The van der Waals surface area contributed by atoms with E-state index in [1.54, 1.807) is 0 Å². The number of nitrogens with zero attached hydrogens (tertiary/aromatic N) is 2. The van der Waals surface area contributed by atoms with Gasteiger partial charge in [0.1, 0.15) is 12.1 Å². The highest BCUT2D eigenvalue weighted by atomic mass is 19.4. The molecule has 1 saturated heterocycles. The van der Waals surface area contributed by atoms with Gasteiger partial charge in [0.05, 0.1) is 17.2 Å². The number of amides is 1. The average molecular weight is 368 g/mol. The smallest absolute Gasteiger partial charge is 0.417 e. The summed E-state index contributed by atoms with van der Waals surface area (Å²) in [6.45, 7) is 1.08. The van der Waals surface area contributed by atoms with Crippen LogP contribution in [-0.4, -0.2) is 35.6 Å². The molecule has 0 radical (unpaired) electrons. The summed E-state index contributed by atoms with van der Waals surface area (Å²) < 4.78 is 82.1. The maximum atomic E-state index is 13.0. The quantitative estimate of drug-likeness (QED) is 0.814. The first-order valence-electron chi connectivity index (χ1n) is 6.74. The Kier molecular flexibility index (Phi) is 4.61. The fourth-order valence-corrected chi connectivity index (χ4v) is 2.50. The predicted molar refractivity (Wildman–Crippen MR) is 70.4 cm³/mol. The van der Waals surface area contributed by atoms with Crippen LogP contribution in [0.3, 0.4) is 0 Å². The highest BCUT2D eigenvalue weighted by Crippen LogP contribution is 2.38. The standard InChI is InChI=1S/C14H10F6N2O3/c1-6-10(11(23)14(18,19)20)22(12(24)25-6)8-3-2-7(5-21)9(4-8)13(15,16)17/h2-4,6,10-11,23H,1H3/t6-,10-,11-/m1/s1. The summed E-state index contributed by atoms with van der Waals surface area (Å²) in [5.41, 5.74) is -2.75. The van der Waals surface area contributed by atoms with E-state index in [1.165, 1.54) is 6.07 Å². The molecule has 0 spiro atoms. The minimum Gasteiger partial charge on any atom is -0.444 e. The van der Waals surface area contributed by atoms with Crippen LogP contribution in [0.15, 0.2) is 18.2 Å². The van der Waals surface area contributed by atoms with E-state index in [1.807, 2.05) is 0 Å². The Bertz CT molecular complexity index is 725. The summed E-state index contributed by atoms with van der Waals surface area (Å²) in [6.07, 6.45) is -15.9. The Hall–Kier alpha value is -2.48. The first kappa shape index (κ1) is 18.9. The third-order valence-electron chi connectivity index (χ3n) is 3.63. The van der Waals surface area contributed by atoms with Crippen LogP contribution in [0.1, 0.15) is 18.1 Å². The Morgan fingerprint density at radius 1 is 1.28 bits per heavy atom. The number of rotatable bonds is 2. The fraction of sp³-hybridized carbons (Fsp3) is 0.429. The molecule has 1 fully saturated rings. The minimum absolute atomic E-state index is 0.305. The van der Waals surface area contributed by atoms with Crippen molar-refractivity contribution in [2.24, 2.45) is 0 Å². The number of alkyl halides is 6. The second-order valence-corrected chi connectivity index (χ2v) is 5.28. The van der Waals surface area contributed by atoms with Gasteiger partial charge < -0.3 is 9.84 Å². The number of aliphatic hydroxyl groups excluding tert-OH is 1. The van der Waals surface area contributed by atoms with Crippen molar-refractivity contribution in [1.29, 1.82) is 5.26 Å². The summed E-state index contributed by atoms with van der Waals surface area (Å²) >= 11 is 0. The second-order valence-electron chi connectivity index (χ2n) is 5.28. The minimum atomic E-state index is -5.12. The van der Waals surface area contributed by atoms with E-state index in [4.69, 9.17) is 5.26 Å². The Morgan fingerprint density at radius 3 is 2.36 bits per heavy atom. The molecule has 0 aromatic heterocycles. The van der Waals surface area contributed by atoms with Gasteiger partial charge in [-0.3, -0.25) is 4.90 Å². The zero-order valence-corrected chi connectivity index (χ0v) is 12.4. The van der Waals surface area contributed by atoms with E-state index >= 15 is 0 Å². The maximum absolute atomic E-state index is 13.0. The van der Waals surface area contributed by atoms with Gasteiger partial charge in [-0.05, 0) is 25.1 Å². The van der Waals surface area contributed by atoms with Crippen LogP contribution in [0, 0.1) is 11.3 Å². The number of ether oxygens (including phenoxy) is 1. The van der Waals surface area contributed by atoms with Crippen LogP contribution in [0.25, 0.3) is 0 Å². The van der Waals surface area contributed by atoms with Crippen molar-refractivity contribution in [2.75, 3.05) is 4.90 Å². The SMILES string of the molecule is C[C@H]1OC(=O)N(c2ccc(C#N)c(C(F)(F)F)c2)[C@H]1[C@@H](O)C(F)(F)F. The largest absolute Gasteiger partial charge is 0.444 e. The van der Waals surface area contributed by atoms with E-state index in [0.29, 0.717) is 11.0 Å². The van der Waals surface area contributed by atoms with Crippen molar-refractivity contribution in [2.45, 2.75) is 37.5 Å². The van der Waals surface area contributed by atoms with Gasteiger partial charge in [-0.2, -0.15) is 31.6 Å². The fourth-order valence-electron chi connectivity index (χ4n) is 2.50. The van der Waals surface area contributed by atoms with Crippen LogP contribution in [-0.2, 0) is 10.9 Å². The van der Waals surface area contributed by atoms with Crippen molar-refractivity contribution in [3.05, 3.63) is 29.3 Å². The number of anilines is 1. The van der Waals surface area contributed by atoms with Crippen LogP contribution in [0.5, 0.6) is 0 Å². The first-order chi connectivity index (χ1) is 11.4. The van der Waals surface area contributed by atoms with E-state index in [9.17, 15) is 36.2 Å². The highest BCUT2D eigenvalue weighted by molar-refractivity contribution is 5.91. The predicted octanol–water partition coefficient (Wildman–Crippen LogP) is 3.21. The van der Waals surface area contributed by atoms with Gasteiger partial charge in [0.15, 0.2) is 6.10 Å². The van der Waals surface area contributed by atoms with Crippen molar-refractivity contribution < 1.29 is 41.0 Å². The topological polar surface area (TPSA) is 73.6 Å². The molecule has 136 valence electrons. The lowest BCUT2D eigenvalue weighted by Gasteiger charge is -2.29. The molecular formula is C14H10F6N2O3. The summed E-state index contributed by atoms with van der Waals surface area (Å²) in [4.78, 5) is 12.1. The van der Waals surface area contributed by atoms with Crippen LogP contribution < -0.4 is 4.90 Å². The average Bonchev–Trinajstić information content (AvgIpc) is 2.78. The lowest BCUT2D eigenvalue weighted by molar-refractivity contribution is -0.212. The second kappa shape index (κ2) is 6.11. The number of benzene rings is 1. The zero-order chi connectivity index (χ0) is 19.2. The molecule has 11 heteroatoms. The molecule has 1 aliphatic heterocycles. The van der Waals surface area contributed by atoms with E-state index in [2.05, 4.69) is 4.74 Å². The third-order valence-corrected chi connectivity index (χ3v) is 3.63. The summed E-state index contributed by atoms with van der Waals surface area (Å²) in [5.74, 6) is 0. The molecular weight excluding hydrogens is 358 g/mol. The highest BCUT2D eigenvalue weighted by Gasteiger charge is 2.54. The maximum Gasteiger partial charge on any atom is 0.417 e. The first-order valence-corrected chi connectivity index (χ1v) is 6.74. The van der Waals surface area contributed by atoms with Crippen molar-refractivity contribution in [3.63, 3.8) is 0 Å². The lowest BCUT2D eigenvalue weighted by atomic mass is 10.0. The molecule has 1 aliphatic rings. The number of hydrogen-bond donors (Lipinski definition) is 1. The molecule has 1 aromatic rings. The Labute approximate surface area is 137 Å². The molecule has 0 unspecified atom stereocenters. The summed E-state index contributed by atoms with van der Waals surface area (Å²) in [6, 6.07) is 1.32. The number of cyclic esters (lactones) is 1. The van der Waals surface area contributed by atoms with Gasteiger partial charge >= 0.3 is 18.4 Å². The van der Waals surface area contributed by atoms with E-state index in [0.717, 1.165) is 19.1 Å². The molecule has 1 amide bonds. The van der Waals surface area contributed by atoms with E-state index < -0.39 is 53.5 Å². The number of halogens is 6. The zero-order valence-electron chi connectivity index (χ0n) is 12.4. The van der Waals surface area contributed by atoms with Crippen LogP contribution in [0.4, 0.5) is 36.8 Å². The molecule has 2 rings (SSSR count). The van der Waals surface area contributed by atoms with Gasteiger partial charge in [0.2, 0.25) is 0 Å². The monoisotopic (exact) mass is 368 g/mol. The number of nitriles is 1. The number of hydrogen-bond acceptors (Lipinski definition) is 4. The van der Waals surface area contributed by atoms with Crippen molar-refractivity contribution in [3.8, 4) is 6.07 Å². The van der Waals surface area contributed by atoms with Crippen molar-refractivity contribution >= 4 is 11.8 Å². The van der Waals surface area contributed by atoms with Crippen LogP contribution >= 0.6 is 0 Å². The van der Waals surface area contributed by atoms with Gasteiger partial charge in [0, 0.05) is 5.69 Å². The number of aliphatic hydroxyl groups is 1. The molecule has 5 nitrogen and oxygen atoms in total. The normalized spacial score (nSPS) is 22.5. The van der Waals surface area contributed by atoms with Gasteiger partial charge in [-0.25, -0.2) is 4.79 Å². The molecule has 25 heavy (non-hydrogen) atoms. The van der Waals surface area contributed by atoms with Gasteiger partial charge in [0.25, 0.3) is 0 Å². The molecule has 3 atom stereocenters. The molecule has 1 N–H and O–H groups in total. The number of carbonyl (C=O) groups is 1. The van der Waals surface area contributed by atoms with Gasteiger partial charge in [-0.15, -0.1) is 0 Å². The van der Waals surface area contributed by atoms with Crippen LogP contribution in [0.2, 0.25) is 0 Å². The van der Waals surface area contributed by atoms with Gasteiger partial charge in [-0.1, -0.05) is 0 Å².